The van der Waals surface area contributed by atoms with E-state index in [9.17, 15) is 0 Å². The zero-order chi connectivity index (χ0) is 15.8. The van der Waals surface area contributed by atoms with Crippen LogP contribution in [0, 0.1) is 0 Å². The molecule has 2 rings (SSSR count). The van der Waals surface area contributed by atoms with Crippen molar-refractivity contribution in [2.24, 2.45) is 0 Å². The quantitative estimate of drug-likeness (QED) is 0.779. The Balaban J connectivity index is 1.78. The molecule has 1 aliphatic carbocycles. The molecule has 1 N–H and O–H groups in total. The summed E-state index contributed by atoms with van der Waals surface area (Å²) < 4.78 is 5.17. The molecule has 3 nitrogen and oxygen atoms in total. The van der Waals surface area contributed by atoms with Gasteiger partial charge in [-0.25, -0.2) is 0 Å². The summed E-state index contributed by atoms with van der Waals surface area (Å²) in [5, 5.41) is 3.62. The summed E-state index contributed by atoms with van der Waals surface area (Å²) in [6, 6.07) is 8.15. The lowest BCUT2D eigenvalue weighted by atomic mass is 9.80. The summed E-state index contributed by atoms with van der Waals surface area (Å²) >= 11 is 0. The minimum absolute atomic E-state index is 0.353. The fourth-order valence-corrected chi connectivity index (χ4v) is 3.29. The Labute approximate surface area is 135 Å². The summed E-state index contributed by atoms with van der Waals surface area (Å²) in [6.45, 7) is 1.99. The highest BCUT2D eigenvalue weighted by Crippen LogP contribution is 2.31. The molecule has 1 aromatic rings. The lowest BCUT2D eigenvalue weighted by molar-refractivity contribution is 0.0999. The zero-order valence-electron chi connectivity index (χ0n) is 14.3. The summed E-state index contributed by atoms with van der Waals surface area (Å²) in [5.41, 5.74) is 1.56. The predicted octanol–water partition coefficient (Wildman–Crippen LogP) is 3.56. The lowest BCUT2D eigenvalue weighted by Crippen LogP contribution is -2.52. The van der Waals surface area contributed by atoms with Gasteiger partial charge in [-0.2, -0.15) is 0 Å². The number of benzene rings is 1. The first-order chi connectivity index (χ1) is 10.7. The summed E-state index contributed by atoms with van der Waals surface area (Å²) in [7, 11) is 6.14. The average molecular weight is 302 g/mol. The minimum atomic E-state index is 0.353. The standard InChI is InChI=1S/C19H30N2O/c1-21(2)19(13-5-4-6-14-19)16-20-15-7-8-17-9-11-18(22-3)12-10-17/h7-12,20H,4-6,13-16H2,1-3H3/b8-7+. The van der Waals surface area contributed by atoms with Crippen molar-refractivity contribution in [3.05, 3.63) is 35.9 Å². The predicted molar refractivity (Wildman–Crippen MR) is 94.4 cm³/mol. The molecule has 0 heterocycles. The average Bonchev–Trinajstić information content (AvgIpc) is 2.56. The number of hydrogen-bond donors (Lipinski definition) is 1. The third-order valence-electron chi connectivity index (χ3n) is 4.88. The molecule has 1 aliphatic rings. The number of nitrogens with one attached hydrogen (secondary N) is 1. The molecule has 0 unspecified atom stereocenters. The Morgan fingerprint density at radius 1 is 1.14 bits per heavy atom. The number of likely N-dealkylation sites (N-methyl/N-ethyl adjacent to an activating group) is 1. The second-order valence-corrected chi connectivity index (χ2v) is 6.49. The number of ether oxygens (including phenoxy) is 1. The maximum absolute atomic E-state index is 5.17. The van der Waals surface area contributed by atoms with Crippen LogP contribution in [-0.4, -0.2) is 44.7 Å². The van der Waals surface area contributed by atoms with Gasteiger partial charge >= 0.3 is 0 Å². The molecule has 0 aliphatic heterocycles. The van der Waals surface area contributed by atoms with E-state index in [1.165, 1.54) is 37.7 Å². The van der Waals surface area contributed by atoms with Gasteiger partial charge in [0.25, 0.3) is 0 Å². The fourth-order valence-electron chi connectivity index (χ4n) is 3.29. The molecule has 1 aromatic carbocycles. The first kappa shape index (κ1) is 17.0. The first-order valence-corrected chi connectivity index (χ1v) is 8.35. The second kappa shape index (κ2) is 8.35. The molecule has 0 radical (unpaired) electrons. The van der Waals surface area contributed by atoms with Gasteiger partial charge in [-0.05, 0) is 44.6 Å². The van der Waals surface area contributed by atoms with Crippen LogP contribution in [0.25, 0.3) is 6.08 Å². The third kappa shape index (κ3) is 4.59. The van der Waals surface area contributed by atoms with Crippen molar-refractivity contribution in [1.82, 2.24) is 10.2 Å². The van der Waals surface area contributed by atoms with Crippen molar-refractivity contribution in [3.8, 4) is 5.75 Å². The molecule has 1 saturated carbocycles. The van der Waals surface area contributed by atoms with E-state index < -0.39 is 0 Å². The van der Waals surface area contributed by atoms with E-state index in [1.807, 2.05) is 12.1 Å². The van der Waals surface area contributed by atoms with Gasteiger partial charge < -0.3 is 15.0 Å². The number of hydrogen-bond acceptors (Lipinski definition) is 3. The van der Waals surface area contributed by atoms with Crippen molar-refractivity contribution in [3.63, 3.8) is 0 Å². The van der Waals surface area contributed by atoms with Crippen LogP contribution >= 0.6 is 0 Å². The van der Waals surface area contributed by atoms with E-state index in [1.54, 1.807) is 7.11 Å². The molecule has 0 aromatic heterocycles. The van der Waals surface area contributed by atoms with Crippen LogP contribution in [0.4, 0.5) is 0 Å². The molecule has 122 valence electrons. The van der Waals surface area contributed by atoms with Crippen LogP contribution in [-0.2, 0) is 0 Å². The highest BCUT2D eigenvalue weighted by atomic mass is 16.5. The van der Waals surface area contributed by atoms with Gasteiger partial charge in [0, 0.05) is 18.6 Å². The molecule has 3 heteroatoms. The van der Waals surface area contributed by atoms with Gasteiger partial charge in [0.1, 0.15) is 5.75 Å². The van der Waals surface area contributed by atoms with E-state index in [4.69, 9.17) is 4.74 Å². The van der Waals surface area contributed by atoms with Crippen LogP contribution in [0.15, 0.2) is 30.3 Å². The lowest BCUT2D eigenvalue weighted by Gasteiger charge is -2.43. The maximum Gasteiger partial charge on any atom is 0.118 e. The molecule has 1 fully saturated rings. The van der Waals surface area contributed by atoms with Gasteiger partial charge in [0.15, 0.2) is 0 Å². The molecule has 0 spiro atoms. The molecular weight excluding hydrogens is 272 g/mol. The zero-order valence-corrected chi connectivity index (χ0v) is 14.3. The van der Waals surface area contributed by atoms with E-state index in [0.717, 1.165) is 18.8 Å². The second-order valence-electron chi connectivity index (χ2n) is 6.49. The van der Waals surface area contributed by atoms with Crippen molar-refractivity contribution < 1.29 is 4.74 Å². The van der Waals surface area contributed by atoms with Crippen LogP contribution in [0.3, 0.4) is 0 Å². The molecular formula is C19H30N2O. The number of methoxy groups -OCH3 is 1. The first-order valence-electron chi connectivity index (χ1n) is 8.35. The Hall–Kier alpha value is -1.32. The molecule has 22 heavy (non-hydrogen) atoms. The van der Waals surface area contributed by atoms with Crippen molar-refractivity contribution in [2.45, 2.75) is 37.6 Å². The monoisotopic (exact) mass is 302 g/mol. The molecule has 0 atom stereocenters. The van der Waals surface area contributed by atoms with Gasteiger partial charge in [-0.1, -0.05) is 43.5 Å². The van der Waals surface area contributed by atoms with Crippen LogP contribution < -0.4 is 10.1 Å². The number of nitrogens with zero attached hydrogens (tertiary/aromatic N) is 1. The SMILES string of the molecule is COc1ccc(/C=C/CNCC2(N(C)C)CCCCC2)cc1. The van der Waals surface area contributed by atoms with Crippen LogP contribution in [0.1, 0.15) is 37.7 Å². The topological polar surface area (TPSA) is 24.5 Å². The third-order valence-corrected chi connectivity index (χ3v) is 4.88. The van der Waals surface area contributed by atoms with Crippen molar-refractivity contribution in [2.75, 3.05) is 34.3 Å². The van der Waals surface area contributed by atoms with Crippen LogP contribution in [0.5, 0.6) is 5.75 Å². The largest absolute Gasteiger partial charge is 0.497 e. The Morgan fingerprint density at radius 2 is 1.82 bits per heavy atom. The fraction of sp³-hybridized carbons (Fsp3) is 0.579. The maximum atomic E-state index is 5.17. The van der Waals surface area contributed by atoms with Crippen molar-refractivity contribution >= 4 is 6.08 Å². The Kier molecular flexibility index (Phi) is 6.47. The summed E-state index contributed by atoms with van der Waals surface area (Å²) in [6.07, 6.45) is 11.1. The van der Waals surface area contributed by atoms with E-state index in [-0.39, 0.29) is 0 Å². The van der Waals surface area contributed by atoms with Gasteiger partial charge in [0.2, 0.25) is 0 Å². The van der Waals surface area contributed by atoms with Gasteiger partial charge in [0.05, 0.1) is 7.11 Å². The molecule has 0 bridgehead atoms. The molecule has 0 saturated heterocycles. The summed E-state index contributed by atoms with van der Waals surface area (Å²) in [4.78, 5) is 2.42. The minimum Gasteiger partial charge on any atom is -0.497 e. The van der Waals surface area contributed by atoms with E-state index >= 15 is 0 Å². The number of rotatable bonds is 7. The highest BCUT2D eigenvalue weighted by molar-refractivity contribution is 5.50. The molecule has 0 amide bonds. The Morgan fingerprint density at radius 3 is 2.41 bits per heavy atom. The highest BCUT2D eigenvalue weighted by Gasteiger charge is 2.33. The van der Waals surface area contributed by atoms with E-state index in [0.29, 0.717) is 5.54 Å². The summed E-state index contributed by atoms with van der Waals surface area (Å²) in [5.74, 6) is 0.903. The smallest absolute Gasteiger partial charge is 0.118 e. The van der Waals surface area contributed by atoms with Crippen molar-refractivity contribution in [1.29, 1.82) is 0 Å². The van der Waals surface area contributed by atoms with Gasteiger partial charge in [-0.15, -0.1) is 0 Å². The van der Waals surface area contributed by atoms with Crippen LogP contribution in [0.2, 0.25) is 0 Å². The van der Waals surface area contributed by atoms with Gasteiger partial charge in [-0.3, -0.25) is 0 Å². The normalized spacial score (nSPS) is 18.0. The Bertz CT molecular complexity index is 459. The van der Waals surface area contributed by atoms with E-state index in [2.05, 4.69) is 48.6 Å².